The van der Waals surface area contributed by atoms with Gasteiger partial charge in [-0.25, -0.2) is 0 Å². The van der Waals surface area contributed by atoms with E-state index in [1.807, 2.05) is 42.5 Å². The van der Waals surface area contributed by atoms with Gasteiger partial charge in [-0.15, -0.1) is 0 Å². The molecule has 3 aromatic rings. The molecule has 0 aromatic heterocycles. The molecule has 1 fully saturated rings. The smallest absolute Gasteiger partial charge is 0.0793 e. The number of ether oxygens (including phenoxy) is 1. The lowest BCUT2D eigenvalue weighted by atomic mass is 9.86. The Morgan fingerprint density at radius 3 is 2.38 bits per heavy atom. The van der Waals surface area contributed by atoms with Crippen molar-refractivity contribution < 1.29 is 9.84 Å². The molecule has 4 rings (SSSR count). The molecule has 2 unspecified atom stereocenters. The fraction of sp³-hybridized carbons (Fsp3) is 0.280. The van der Waals surface area contributed by atoms with Crippen molar-refractivity contribution in [2.24, 2.45) is 0 Å². The van der Waals surface area contributed by atoms with E-state index in [0.717, 1.165) is 36.3 Å². The lowest BCUT2D eigenvalue weighted by molar-refractivity contribution is -0.0520. The minimum Gasteiger partial charge on any atom is -0.396 e. The Hall–Kier alpha value is -2.17. The summed E-state index contributed by atoms with van der Waals surface area (Å²) in [5, 5.41) is 11.0. The molecular weight excluding hydrogens is 382 g/mol. The molecule has 0 saturated carbocycles. The van der Waals surface area contributed by atoms with Crippen LogP contribution < -0.4 is 0 Å². The SMILES string of the molecule is OCC(c1ccccc1-c1ccccc1Cl)C1CN(Cc2ccccc2)CCO1. The fourth-order valence-electron chi connectivity index (χ4n) is 4.12. The first-order valence-electron chi connectivity index (χ1n) is 10.1. The molecule has 29 heavy (non-hydrogen) atoms. The first-order chi connectivity index (χ1) is 14.3. The molecule has 2 atom stereocenters. The average molecular weight is 408 g/mol. The van der Waals surface area contributed by atoms with E-state index < -0.39 is 0 Å². The molecule has 3 nitrogen and oxygen atoms in total. The highest BCUT2D eigenvalue weighted by atomic mass is 35.5. The number of nitrogens with zero attached hydrogens (tertiary/aromatic N) is 1. The maximum atomic E-state index is 10.3. The van der Waals surface area contributed by atoms with Gasteiger partial charge in [-0.2, -0.15) is 0 Å². The molecule has 1 heterocycles. The van der Waals surface area contributed by atoms with E-state index in [-0.39, 0.29) is 18.6 Å². The highest BCUT2D eigenvalue weighted by Gasteiger charge is 2.30. The number of benzene rings is 3. The van der Waals surface area contributed by atoms with Crippen LogP contribution in [0, 0.1) is 0 Å². The first kappa shape index (κ1) is 20.1. The lowest BCUT2D eigenvalue weighted by Crippen LogP contribution is -2.45. The number of hydrogen-bond donors (Lipinski definition) is 1. The van der Waals surface area contributed by atoms with E-state index >= 15 is 0 Å². The van der Waals surface area contributed by atoms with Crippen LogP contribution >= 0.6 is 11.6 Å². The van der Waals surface area contributed by atoms with Crippen LogP contribution in [0.2, 0.25) is 5.02 Å². The van der Waals surface area contributed by atoms with Crippen LogP contribution in [0.1, 0.15) is 17.0 Å². The lowest BCUT2D eigenvalue weighted by Gasteiger charge is -2.37. The van der Waals surface area contributed by atoms with Crippen LogP contribution in [0.4, 0.5) is 0 Å². The Morgan fingerprint density at radius 1 is 0.931 bits per heavy atom. The van der Waals surface area contributed by atoms with Crippen LogP contribution in [0.25, 0.3) is 11.1 Å². The Kier molecular flexibility index (Phi) is 6.63. The van der Waals surface area contributed by atoms with Gasteiger partial charge in [0.15, 0.2) is 0 Å². The van der Waals surface area contributed by atoms with Crippen molar-refractivity contribution in [3.8, 4) is 11.1 Å². The highest BCUT2D eigenvalue weighted by molar-refractivity contribution is 6.33. The van der Waals surface area contributed by atoms with E-state index in [9.17, 15) is 5.11 Å². The van der Waals surface area contributed by atoms with Gasteiger partial charge >= 0.3 is 0 Å². The van der Waals surface area contributed by atoms with Gasteiger partial charge in [0, 0.05) is 36.1 Å². The van der Waals surface area contributed by atoms with Crippen molar-refractivity contribution in [2.45, 2.75) is 18.6 Å². The average Bonchev–Trinajstić information content (AvgIpc) is 2.76. The van der Waals surface area contributed by atoms with Crippen molar-refractivity contribution in [3.05, 3.63) is 95.0 Å². The number of halogens is 1. The first-order valence-corrected chi connectivity index (χ1v) is 10.5. The van der Waals surface area contributed by atoms with E-state index in [2.05, 4.69) is 41.3 Å². The zero-order valence-electron chi connectivity index (χ0n) is 16.4. The summed E-state index contributed by atoms with van der Waals surface area (Å²) >= 11 is 6.48. The minimum absolute atomic E-state index is 0.0330. The van der Waals surface area contributed by atoms with Crippen LogP contribution in [0.3, 0.4) is 0 Å². The van der Waals surface area contributed by atoms with E-state index in [1.54, 1.807) is 0 Å². The van der Waals surface area contributed by atoms with Crippen molar-refractivity contribution in [3.63, 3.8) is 0 Å². The summed E-state index contributed by atoms with van der Waals surface area (Å²) in [6.45, 7) is 3.28. The number of aliphatic hydroxyl groups excluding tert-OH is 1. The van der Waals surface area contributed by atoms with Crippen LogP contribution in [-0.4, -0.2) is 42.4 Å². The second-order valence-electron chi connectivity index (χ2n) is 7.49. The van der Waals surface area contributed by atoms with Gasteiger partial charge < -0.3 is 9.84 Å². The second-order valence-corrected chi connectivity index (χ2v) is 7.89. The van der Waals surface area contributed by atoms with Gasteiger partial charge in [-0.3, -0.25) is 4.90 Å². The molecule has 1 aliphatic heterocycles. The molecule has 4 heteroatoms. The minimum atomic E-state index is -0.110. The Labute approximate surface area is 177 Å². The Bertz CT molecular complexity index is 931. The molecule has 0 amide bonds. The highest BCUT2D eigenvalue weighted by Crippen LogP contribution is 2.36. The molecule has 0 bridgehead atoms. The predicted molar refractivity (Wildman–Crippen MR) is 118 cm³/mol. The Morgan fingerprint density at radius 2 is 1.62 bits per heavy atom. The second kappa shape index (κ2) is 9.55. The number of rotatable bonds is 6. The molecule has 150 valence electrons. The largest absolute Gasteiger partial charge is 0.396 e. The van der Waals surface area contributed by atoms with Crippen molar-refractivity contribution in [2.75, 3.05) is 26.3 Å². The van der Waals surface area contributed by atoms with Crippen molar-refractivity contribution in [1.82, 2.24) is 4.90 Å². The van der Waals surface area contributed by atoms with Crippen molar-refractivity contribution >= 4 is 11.6 Å². The third kappa shape index (κ3) is 4.71. The van der Waals surface area contributed by atoms with Crippen LogP contribution in [-0.2, 0) is 11.3 Å². The molecule has 3 aromatic carbocycles. The maximum Gasteiger partial charge on any atom is 0.0793 e. The third-order valence-corrected chi connectivity index (χ3v) is 5.93. The van der Waals surface area contributed by atoms with E-state index in [0.29, 0.717) is 11.6 Å². The molecule has 1 aliphatic rings. The van der Waals surface area contributed by atoms with Gasteiger partial charge in [-0.1, -0.05) is 84.4 Å². The van der Waals surface area contributed by atoms with Gasteiger partial charge in [0.05, 0.1) is 19.3 Å². The van der Waals surface area contributed by atoms with E-state index in [4.69, 9.17) is 16.3 Å². The summed E-state index contributed by atoms with van der Waals surface area (Å²) in [4.78, 5) is 2.41. The predicted octanol–water partition coefficient (Wildman–Crippen LogP) is 4.98. The summed E-state index contributed by atoms with van der Waals surface area (Å²) in [6, 6.07) is 26.5. The fourth-order valence-corrected chi connectivity index (χ4v) is 4.36. The van der Waals surface area contributed by atoms with Gasteiger partial charge in [-0.05, 0) is 22.8 Å². The molecular formula is C25H26ClNO2. The number of aliphatic hydroxyl groups is 1. The molecule has 0 aliphatic carbocycles. The third-order valence-electron chi connectivity index (χ3n) is 5.60. The standard InChI is InChI=1S/C25H26ClNO2/c26-24-13-7-6-12-22(24)20-10-4-5-11-21(20)23(18-28)25-17-27(14-15-29-25)16-19-8-2-1-3-9-19/h1-13,23,25,28H,14-18H2. The molecule has 1 saturated heterocycles. The topological polar surface area (TPSA) is 32.7 Å². The van der Waals surface area contributed by atoms with Gasteiger partial charge in [0.25, 0.3) is 0 Å². The van der Waals surface area contributed by atoms with Crippen LogP contribution in [0.15, 0.2) is 78.9 Å². The zero-order valence-corrected chi connectivity index (χ0v) is 17.1. The summed E-state index contributed by atoms with van der Waals surface area (Å²) in [5.74, 6) is -0.110. The molecule has 1 N–H and O–H groups in total. The molecule has 0 spiro atoms. The van der Waals surface area contributed by atoms with Gasteiger partial charge in [0.1, 0.15) is 0 Å². The zero-order chi connectivity index (χ0) is 20.1. The maximum absolute atomic E-state index is 10.3. The summed E-state index contributed by atoms with van der Waals surface area (Å²) in [5.41, 5.74) is 4.42. The quantitative estimate of drug-likeness (QED) is 0.625. The summed E-state index contributed by atoms with van der Waals surface area (Å²) in [6.07, 6.45) is -0.0684. The summed E-state index contributed by atoms with van der Waals surface area (Å²) < 4.78 is 6.14. The van der Waals surface area contributed by atoms with Crippen molar-refractivity contribution in [1.29, 1.82) is 0 Å². The number of hydrogen-bond acceptors (Lipinski definition) is 3. The monoisotopic (exact) mass is 407 g/mol. The summed E-state index contributed by atoms with van der Waals surface area (Å²) in [7, 11) is 0. The molecule has 0 radical (unpaired) electrons. The normalized spacial score (nSPS) is 18.5. The van der Waals surface area contributed by atoms with Crippen LogP contribution in [0.5, 0.6) is 0 Å². The number of morpholine rings is 1. The Balaban J connectivity index is 1.58. The van der Waals surface area contributed by atoms with Gasteiger partial charge in [0.2, 0.25) is 0 Å². The van der Waals surface area contributed by atoms with E-state index in [1.165, 1.54) is 5.56 Å².